The molecule has 1 N–H and O–H groups in total. The lowest BCUT2D eigenvalue weighted by Gasteiger charge is -2.31. The molecule has 3 aromatic carbocycles. The van der Waals surface area contributed by atoms with E-state index in [0.717, 1.165) is 16.7 Å². The molecule has 3 aromatic rings. The number of ether oxygens (including phenoxy) is 1. The van der Waals surface area contributed by atoms with E-state index in [1.54, 1.807) is 30.3 Å². The Labute approximate surface area is 188 Å². The number of fused-ring (bicyclic) bond motifs is 1. The third-order valence-electron chi connectivity index (χ3n) is 5.37. The number of anilines is 2. The summed E-state index contributed by atoms with van der Waals surface area (Å²) in [6.07, 6.45) is 1.26. The van der Waals surface area contributed by atoms with Gasteiger partial charge in [-0.2, -0.15) is 0 Å². The molecule has 0 aromatic heterocycles. The van der Waals surface area contributed by atoms with Crippen LogP contribution in [-0.2, 0) is 16.6 Å². The SMILES string of the molecule is COc1ccc(C)cc1N/C=C1\C(=O)c2ccccc2N(Cc2ccc(C)cc2)S1(=O)=O. The third kappa shape index (κ3) is 3.99. The number of carbonyl (C=O) groups is 1. The molecule has 0 radical (unpaired) electrons. The highest BCUT2D eigenvalue weighted by Crippen LogP contribution is 2.36. The van der Waals surface area contributed by atoms with Gasteiger partial charge < -0.3 is 10.1 Å². The molecule has 7 heteroatoms. The molecule has 0 unspecified atom stereocenters. The maximum Gasteiger partial charge on any atom is 0.270 e. The van der Waals surface area contributed by atoms with Crippen molar-refractivity contribution in [3.63, 3.8) is 0 Å². The van der Waals surface area contributed by atoms with E-state index in [1.807, 2.05) is 50.2 Å². The molecule has 0 saturated heterocycles. The van der Waals surface area contributed by atoms with E-state index < -0.39 is 15.8 Å². The lowest BCUT2D eigenvalue weighted by Crippen LogP contribution is -2.39. The van der Waals surface area contributed by atoms with E-state index in [1.165, 1.54) is 17.6 Å². The zero-order valence-electron chi connectivity index (χ0n) is 18.1. The number of sulfonamides is 1. The lowest BCUT2D eigenvalue weighted by atomic mass is 10.1. The molecule has 0 bridgehead atoms. The van der Waals surface area contributed by atoms with Crippen LogP contribution in [0.25, 0.3) is 0 Å². The summed E-state index contributed by atoms with van der Waals surface area (Å²) < 4.78 is 33.8. The topological polar surface area (TPSA) is 75.7 Å². The molecule has 32 heavy (non-hydrogen) atoms. The van der Waals surface area contributed by atoms with Crippen molar-refractivity contribution in [2.75, 3.05) is 16.7 Å². The van der Waals surface area contributed by atoms with E-state index in [4.69, 9.17) is 4.74 Å². The highest BCUT2D eigenvalue weighted by atomic mass is 32.2. The standard InChI is InChI=1S/C25H24N2O4S/c1-17-8-11-19(12-9-17)16-27-22-7-5-4-6-20(22)25(28)24(32(27,29)30)15-26-21-14-18(2)10-13-23(21)31-3/h4-15,26H,16H2,1-3H3/b24-15+. The minimum atomic E-state index is -4.09. The number of aryl methyl sites for hydroxylation is 2. The Balaban J connectivity index is 1.78. The number of methoxy groups -OCH3 is 1. The van der Waals surface area contributed by atoms with E-state index >= 15 is 0 Å². The highest BCUT2D eigenvalue weighted by molar-refractivity contribution is 7.97. The van der Waals surface area contributed by atoms with Crippen molar-refractivity contribution in [3.8, 4) is 5.75 Å². The first-order valence-corrected chi connectivity index (χ1v) is 11.6. The number of carbonyl (C=O) groups excluding carboxylic acids is 1. The second-order valence-electron chi connectivity index (χ2n) is 7.70. The van der Waals surface area contributed by atoms with E-state index in [-0.39, 0.29) is 11.4 Å². The largest absolute Gasteiger partial charge is 0.495 e. The molecule has 0 atom stereocenters. The molecule has 0 fully saturated rings. The minimum Gasteiger partial charge on any atom is -0.495 e. The predicted octanol–water partition coefficient (Wildman–Crippen LogP) is 4.80. The number of nitrogens with one attached hydrogen (secondary N) is 1. The fourth-order valence-electron chi connectivity index (χ4n) is 3.63. The first kappa shape index (κ1) is 21.6. The van der Waals surface area contributed by atoms with Gasteiger partial charge in [-0.15, -0.1) is 0 Å². The Morgan fingerprint density at radius 1 is 0.969 bits per heavy atom. The van der Waals surface area contributed by atoms with Gasteiger partial charge in [0.15, 0.2) is 4.91 Å². The molecule has 6 nitrogen and oxygen atoms in total. The molecular formula is C25H24N2O4S. The molecular weight excluding hydrogens is 424 g/mol. The molecule has 0 saturated carbocycles. The minimum absolute atomic E-state index is 0.123. The average molecular weight is 449 g/mol. The quantitative estimate of drug-likeness (QED) is 0.568. The molecule has 0 aliphatic carbocycles. The molecule has 164 valence electrons. The van der Waals surface area contributed by atoms with Crippen molar-refractivity contribution in [2.24, 2.45) is 0 Å². The summed E-state index contributed by atoms with van der Waals surface area (Å²) in [5.74, 6) is 0.00453. The summed E-state index contributed by atoms with van der Waals surface area (Å²) in [5, 5.41) is 2.97. The number of benzene rings is 3. The Hall–Kier alpha value is -3.58. The van der Waals surface area contributed by atoms with E-state index in [2.05, 4.69) is 5.32 Å². The Morgan fingerprint density at radius 3 is 2.38 bits per heavy atom. The van der Waals surface area contributed by atoms with Gasteiger partial charge >= 0.3 is 0 Å². The van der Waals surface area contributed by atoms with Crippen LogP contribution in [0.15, 0.2) is 77.8 Å². The van der Waals surface area contributed by atoms with Gasteiger partial charge in [-0.1, -0.05) is 48.0 Å². The molecule has 1 heterocycles. The number of para-hydroxylation sites is 1. The number of hydrogen-bond acceptors (Lipinski definition) is 5. The van der Waals surface area contributed by atoms with Crippen LogP contribution in [0.3, 0.4) is 0 Å². The van der Waals surface area contributed by atoms with Gasteiger partial charge in [-0.3, -0.25) is 9.10 Å². The zero-order valence-corrected chi connectivity index (χ0v) is 18.9. The highest BCUT2D eigenvalue weighted by Gasteiger charge is 2.40. The van der Waals surface area contributed by atoms with E-state index in [9.17, 15) is 13.2 Å². The van der Waals surface area contributed by atoms with Crippen molar-refractivity contribution in [1.82, 2.24) is 0 Å². The third-order valence-corrected chi connectivity index (χ3v) is 7.13. The maximum absolute atomic E-state index is 13.6. The number of hydrogen-bond donors (Lipinski definition) is 1. The first-order chi connectivity index (χ1) is 15.3. The monoisotopic (exact) mass is 448 g/mol. The number of ketones is 1. The van der Waals surface area contributed by atoms with Gasteiger partial charge in [-0.05, 0) is 49.2 Å². The normalized spacial score (nSPS) is 16.0. The average Bonchev–Trinajstić information content (AvgIpc) is 2.78. The van der Waals surface area contributed by atoms with Crippen molar-refractivity contribution in [3.05, 3.63) is 100 Å². The summed E-state index contributed by atoms with van der Waals surface area (Å²) in [6, 6.07) is 19.9. The Bertz CT molecular complexity index is 1310. The Morgan fingerprint density at radius 2 is 1.66 bits per heavy atom. The molecule has 0 spiro atoms. The van der Waals surface area contributed by atoms with Crippen LogP contribution < -0.4 is 14.4 Å². The van der Waals surface area contributed by atoms with Gasteiger partial charge in [0.1, 0.15) is 5.75 Å². The zero-order chi connectivity index (χ0) is 22.9. The maximum atomic E-state index is 13.6. The van der Waals surface area contributed by atoms with Crippen molar-refractivity contribution < 1.29 is 17.9 Å². The summed E-state index contributed by atoms with van der Waals surface area (Å²) in [4.78, 5) is 12.9. The van der Waals surface area contributed by atoms with Gasteiger partial charge in [0.25, 0.3) is 10.0 Å². The first-order valence-electron chi connectivity index (χ1n) is 10.1. The summed E-state index contributed by atoms with van der Waals surface area (Å²) >= 11 is 0. The van der Waals surface area contributed by atoms with Crippen molar-refractivity contribution in [2.45, 2.75) is 20.4 Å². The molecule has 4 rings (SSSR count). The molecule has 1 aliphatic heterocycles. The summed E-state index contributed by atoms with van der Waals surface area (Å²) in [7, 11) is -2.56. The number of rotatable bonds is 5. The van der Waals surface area contributed by atoms with Crippen molar-refractivity contribution in [1.29, 1.82) is 0 Å². The van der Waals surface area contributed by atoms with Gasteiger partial charge in [0.05, 0.1) is 25.0 Å². The van der Waals surface area contributed by atoms with Gasteiger partial charge in [0.2, 0.25) is 5.78 Å². The second kappa shape index (κ2) is 8.51. The second-order valence-corrected chi connectivity index (χ2v) is 9.53. The molecule has 1 aliphatic rings. The van der Waals surface area contributed by atoms with Crippen LogP contribution in [0.2, 0.25) is 0 Å². The van der Waals surface area contributed by atoms with Crippen LogP contribution >= 0.6 is 0 Å². The Kier molecular flexibility index (Phi) is 5.76. The predicted molar refractivity (Wildman–Crippen MR) is 126 cm³/mol. The summed E-state index contributed by atoms with van der Waals surface area (Å²) in [5.41, 5.74) is 4.18. The van der Waals surface area contributed by atoms with Crippen LogP contribution in [0, 0.1) is 13.8 Å². The van der Waals surface area contributed by atoms with Crippen LogP contribution in [-0.4, -0.2) is 21.3 Å². The van der Waals surface area contributed by atoms with E-state index in [0.29, 0.717) is 22.7 Å². The van der Waals surface area contributed by atoms with Crippen LogP contribution in [0.4, 0.5) is 11.4 Å². The van der Waals surface area contributed by atoms with Gasteiger partial charge in [0, 0.05) is 11.8 Å². The smallest absolute Gasteiger partial charge is 0.270 e. The fourth-order valence-corrected chi connectivity index (χ4v) is 5.16. The number of allylic oxidation sites excluding steroid dienone is 1. The van der Waals surface area contributed by atoms with Crippen molar-refractivity contribution >= 4 is 27.2 Å². The lowest BCUT2D eigenvalue weighted by molar-refractivity contribution is 0.104. The number of nitrogens with zero attached hydrogens (tertiary/aromatic N) is 1. The van der Waals surface area contributed by atoms with Gasteiger partial charge in [-0.25, -0.2) is 8.42 Å². The fraction of sp³-hybridized carbons (Fsp3) is 0.160. The number of Topliss-reactive ketones (excluding diaryl/α,β-unsaturated/α-hetero) is 1. The van der Waals surface area contributed by atoms with Crippen LogP contribution in [0.5, 0.6) is 5.75 Å². The summed E-state index contributed by atoms with van der Waals surface area (Å²) in [6.45, 7) is 4.01. The molecule has 0 amide bonds. The van der Waals surface area contributed by atoms with Crippen LogP contribution in [0.1, 0.15) is 27.0 Å².